The van der Waals surface area contributed by atoms with E-state index in [-0.39, 0.29) is 0 Å². The molecule has 1 heterocycles. The van der Waals surface area contributed by atoms with E-state index in [1.54, 1.807) is 30.3 Å². The Hall–Kier alpha value is -1.14. The lowest BCUT2D eigenvalue weighted by Gasteiger charge is -2.27. The predicted octanol–water partition coefficient (Wildman–Crippen LogP) is 2.09. The van der Waals surface area contributed by atoms with Gasteiger partial charge in [-0.25, -0.2) is 8.42 Å². The first-order chi connectivity index (χ1) is 9.59. The van der Waals surface area contributed by atoms with Crippen molar-refractivity contribution in [3.8, 4) is 0 Å². The van der Waals surface area contributed by atoms with Gasteiger partial charge in [-0.2, -0.15) is 4.31 Å². The lowest BCUT2D eigenvalue weighted by Crippen LogP contribution is -2.46. The molecule has 1 saturated heterocycles. The molecule has 0 amide bonds. The Morgan fingerprint density at radius 3 is 2.60 bits per heavy atom. The lowest BCUT2D eigenvalue weighted by atomic mass is 10.1. The zero-order valence-corrected chi connectivity index (χ0v) is 12.4. The highest BCUT2D eigenvalue weighted by atomic mass is 35.5. The molecule has 0 aromatic heterocycles. The van der Waals surface area contributed by atoms with Crippen molar-refractivity contribution in [2.24, 2.45) is 0 Å². The third-order valence-corrected chi connectivity index (χ3v) is 5.69. The summed E-state index contributed by atoms with van der Waals surface area (Å²) in [7, 11) is -3.45. The van der Waals surface area contributed by atoms with Gasteiger partial charge in [-0.1, -0.05) is 29.8 Å². The van der Waals surface area contributed by atoms with Gasteiger partial charge < -0.3 is 5.32 Å². The van der Waals surface area contributed by atoms with Crippen LogP contribution in [0.4, 0.5) is 0 Å². The zero-order valence-electron chi connectivity index (χ0n) is 10.8. The molecule has 0 bridgehead atoms. The molecule has 0 atom stereocenters. The predicted molar refractivity (Wildman–Crippen MR) is 80.6 cm³/mol. The molecule has 1 fully saturated rings. The van der Waals surface area contributed by atoms with Crippen molar-refractivity contribution in [1.82, 2.24) is 9.62 Å². The van der Waals surface area contributed by atoms with Gasteiger partial charge in [-0.15, -0.1) is 0 Å². The van der Waals surface area contributed by atoms with Crippen molar-refractivity contribution in [3.05, 3.63) is 41.4 Å². The largest absolute Gasteiger partial charge is 0.314 e. The van der Waals surface area contributed by atoms with Crippen LogP contribution in [-0.4, -0.2) is 38.9 Å². The van der Waals surface area contributed by atoms with E-state index >= 15 is 0 Å². The number of nitrogens with one attached hydrogen (secondary N) is 1. The standard InChI is InChI=1S/C14H15ClN2O2S/c15-12-4-5-13-11(10-12)2-1-3-14(13)20(18,19)17-8-6-16-7-9-17/h1-5,10,16H,6-9H2. The number of hydrogen-bond donors (Lipinski definition) is 1. The third kappa shape index (κ3) is 2.42. The molecular formula is C14H15ClN2O2S. The van der Waals surface area contributed by atoms with E-state index in [4.69, 9.17) is 11.6 Å². The molecule has 0 spiro atoms. The summed E-state index contributed by atoms with van der Waals surface area (Å²) in [5.74, 6) is 0. The van der Waals surface area contributed by atoms with Crippen LogP contribution in [0.5, 0.6) is 0 Å². The highest BCUT2D eigenvalue weighted by Gasteiger charge is 2.27. The molecule has 1 aliphatic heterocycles. The van der Waals surface area contributed by atoms with Crippen molar-refractivity contribution < 1.29 is 8.42 Å². The summed E-state index contributed by atoms with van der Waals surface area (Å²) in [5, 5.41) is 5.32. The van der Waals surface area contributed by atoms with Gasteiger partial charge in [0.15, 0.2) is 0 Å². The Bertz CT molecular complexity index is 740. The molecule has 3 rings (SSSR count). The Balaban J connectivity index is 2.13. The Morgan fingerprint density at radius 2 is 1.85 bits per heavy atom. The van der Waals surface area contributed by atoms with E-state index in [1.165, 1.54) is 4.31 Å². The Kier molecular flexibility index (Phi) is 3.69. The summed E-state index contributed by atoms with van der Waals surface area (Å²) in [6.07, 6.45) is 0. The first-order valence-corrected chi connectivity index (χ1v) is 8.30. The second-order valence-electron chi connectivity index (χ2n) is 4.78. The van der Waals surface area contributed by atoms with Gasteiger partial charge in [-0.05, 0) is 23.6 Å². The molecule has 20 heavy (non-hydrogen) atoms. The van der Waals surface area contributed by atoms with Crippen molar-refractivity contribution >= 4 is 32.4 Å². The van der Waals surface area contributed by atoms with Crippen LogP contribution in [0.1, 0.15) is 0 Å². The van der Waals surface area contributed by atoms with Crippen LogP contribution < -0.4 is 5.32 Å². The average Bonchev–Trinajstić information content (AvgIpc) is 2.47. The van der Waals surface area contributed by atoms with E-state index in [1.807, 2.05) is 6.07 Å². The number of sulfonamides is 1. The Morgan fingerprint density at radius 1 is 1.10 bits per heavy atom. The molecule has 0 saturated carbocycles. The minimum atomic E-state index is -3.45. The average molecular weight is 311 g/mol. The molecule has 1 aliphatic rings. The summed E-state index contributed by atoms with van der Waals surface area (Å²) in [6, 6.07) is 10.6. The van der Waals surface area contributed by atoms with Crippen LogP contribution in [0.25, 0.3) is 10.8 Å². The highest BCUT2D eigenvalue weighted by Crippen LogP contribution is 2.27. The van der Waals surface area contributed by atoms with Crippen LogP contribution in [0.2, 0.25) is 5.02 Å². The Labute approximate surface area is 123 Å². The fourth-order valence-electron chi connectivity index (χ4n) is 2.47. The number of rotatable bonds is 2. The van der Waals surface area contributed by atoms with E-state index in [0.29, 0.717) is 36.1 Å². The first-order valence-electron chi connectivity index (χ1n) is 6.48. The second kappa shape index (κ2) is 5.33. The molecule has 1 N–H and O–H groups in total. The minimum absolute atomic E-state index is 0.355. The molecule has 4 nitrogen and oxygen atoms in total. The van der Waals surface area contributed by atoms with Crippen LogP contribution in [0.3, 0.4) is 0 Å². The number of nitrogens with zero attached hydrogens (tertiary/aromatic N) is 1. The van der Waals surface area contributed by atoms with Crippen LogP contribution in [0.15, 0.2) is 41.3 Å². The van der Waals surface area contributed by atoms with Gasteiger partial charge in [0.25, 0.3) is 0 Å². The second-order valence-corrected chi connectivity index (χ2v) is 7.12. The fourth-order valence-corrected chi connectivity index (χ4v) is 4.31. The summed E-state index contributed by atoms with van der Waals surface area (Å²) in [5.41, 5.74) is 0. The molecule has 2 aromatic rings. The van der Waals surface area contributed by atoms with E-state index in [2.05, 4.69) is 5.32 Å². The summed E-state index contributed by atoms with van der Waals surface area (Å²) < 4.78 is 27.0. The molecule has 0 aliphatic carbocycles. The highest BCUT2D eigenvalue weighted by molar-refractivity contribution is 7.89. The maximum absolute atomic E-state index is 12.8. The maximum atomic E-state index is 12.8. The van der Waals surface area contributed by atoms with Gasteiger partial charge >= 0.3 is 0 Å². The van der Waals surface area contributed by atoms with Crippen LogP contribution in [0, 0.1) is 0 Å². The van der Waals surface area contributed by atoms with Gasteiger partial charge in [0.05, 0.1) is 4.90 Å². The van der Waals surface area contributed by atoms with E-state index in [0.717, 1.165) is 10.8 Å². The number of halogens is 1. The summed E-state index contributed by atoms with van der Waals surface area (Å²) in [4.78, 5) is 0.355. The van der Waals surface area contributed by atoms with E-state index < -0.39 is 10.0 Å². The molecule has 0 unspecified atom stereocenters. The molecule has 0 radical (unpaired) electrons. The van der Waals surface area contributed by atoms with Crippen LogP contribution in [-0.2, 0) is 10.0 Å². The zero-order chi connectivity index (χ0) is 14.2. The number of fused-ring (bicyclic) bond motifs is 1. The topological polar surface area (TPSA) is 49.4 Å². The first kappa shape index (κ1) is 13.8. The van der Waals surface area contributed by atoms with Gasteiger partial charge in [0, 0.05) is 36.6 Å². The monoisotopic (exact) mass is 310 g/mol. The lowest BCUT2D eigenvalue weighted by molar-refractivity contribution is 0.360. The summed E-state index contributed by atoms with van der Waals surface area (Å²) >= 11 is 5.97. The van der Waals surface area contributed by atoms with Crippen molar-refractivity contribution in [1.29, 1.82) is 0 Å². The van der Waals surface area contributed by atoms with Crippen LogP contribution >= 0.6 is 11.6 Å². The van der Waals surface area contributed by atoms with E-state index in [9.17, 15) is 8.42 Å². The van der Waals surface area contributed by atoms with Crippen molar-refractivity contribution in [2.45, 2.75) is 4.90 Å². The normalized spacial score (nSPS) is 17.4. The van der Waals surface area contributed by atoms with Gasteiger partial charge in [0.1, 0.15) is 0 Å². The maximum Gasteiger partial charge on any atom is 0.243 e. The summed E-state index contributed by atoms with van der Waals surface area (Å²) in [6.45, 7) is 2.39. The smallest absolute Gasteiger partial charge is 0.243 e. The number of benzene rings is 2. The molecule has 2 aromatic carbocycles. The minimum Gasteiger partial charge on any atom is -0.314 e. The SMILES string of the molecule is O=S(=O)(c1cccc2cc(Cl)ccc12)N1CCNCC1. The third-order valence-electron chi connectivity index (χ3n) is 3.50. The number of piperazine rings is 1. The van der Waals surface area contributed by atoms with Gasteiger partial charge in [-0.3, -0.25) is 0 Å². The quantitative estimate of drug-likeness (QED) is 0.924. The van der Waals surface area contributed by atoms with Gasteiger partial charge in [0.2, 0.25) is 10.0 Å². The fraction of sp³-hybridized carbons (Fsp3) is 0.286. The van der Waals surface area contributed by atoms with Crippen molar-refractivity contribution in [2.75, 3.05) is 26.2 Å². The van der Waals surface area contributed by atoms with Crippen molar-refractivity contribution in [3.63, 3.8) is 0 Å². The molecular weight excluding hydrogens is 296 g/mol. The molecule has 6 heteroatoms. The molecule has 106 valence electrons. The number of hydrogen-bond acceptors (Lipinski definition) is 3.